The maximum absolute atomic E-state index is 4.56. The van der Waals surface area contributed by atoms with Crippen molar-refractivity contribution >= 4 is 11.0 Å². The molecule has 0 atom stereocenters. The number of nitrogens with zero attached hydrogens (tertiary/aromatic N) is 3. The molecule has 0 radical (unpaired) electrons. The molecular weight excluding hydrogens is 212 g/mol. The highest BCUT2D eigenvalue weighted by atomic mass is 15.2. The van der Waals surface area contributed by atoms with Crippen LogP contribution in [0.4, 0.5) is 0 Å². The van der Waals surface area contributed by atoms with Crippen molar-refractivity contribution in [3.05, 3.63) is 29.6 Å². The molecule has 0 saturated heterocycles. The van der Waals surface area contributed by atoms with Gasteiger partial charge >= 0.3 is 0 Å². The molecule has 92 valence electrons. The summed E-state index contributed by atoms with van der Waals surface area (Å²) in [6, 6.07) is 6.50. The lowest BCUT2D eigenvalue weighted by Gasteiger charge is -2.15. The molecule has 0 aliphatic carbocycles. The third-order valence-corrected chi connectivity index (χ3v) is 3.05. The fourth-order valence-corrected chi connectivity index (χ4v) is 2.10. The van der Waals surface area contributed by atoms with Gasteiger partial charge in [-0.25, -0.2) is 4.98 Å². The molecule has 0 amide bonds. The van der Waals surface area contributed by atoms with Gasteiger partial charge in [-0.1, -0.05) is 6.07 Å². The van der Waals surface area contributed by atoms with Gasteiger partial charge in [-0.05, 0) is 38.7 Å². The van der Waals surface area contributed by atoms with Crippen LogP contribution in [-0.4, -0.2) is 35.2 Å². The van der Waals surface area contributed by atoms with Crippen LogP contribution in [0.5, 0.6) is 0 Å². The predicted molar refractivity (Wildman–Crippen MR) is 70.8 cm³/mol. The number of imidazole rings is 1. The second-order valence-corrected chi connectivity index (χ2v) is 4.57. The van der Waals surface area contributed by atoms with Gasteiger partial charge in [0.2, 0.25) is 0 Å². The predicted octanol–water partition coefficient (Wildman–Crippen LogP) is 1.49. The molecule has 1 heterocycles. The minimum atomic E-state index is 0.888. The van der Waals surface area contributed by atoms with E-state index in [1.165, 1.54) is 11.1 Å². The first-order valence-electron chi connectivity index (χ1n) is 5.87. The summed E-state index contributed by atoms with van der Waals surface area (Å²) in [6.07, 6.45) is 0. The van der Waals surface area contributed by atoms with Crippen LogP contribution >= 0.6 is 0 Å². The Labute approximate surface area is 102 Å². The lowest BCUT2D eigenvalue weighted by Crippen LogP contribution is -2.27. The van der Waals surface area contributed by atoms with Crippen molar-refractivity contribution < 1.29 is 0 Å². The topological polar surface area (TPSA) is 33.1 Å². The smallest absolute Gasteiger partial charge is 0.106 e. The molecule has 4 heteroatoms. The third kappa shape index (κ3) is 2.48. The van der Waals surface area contributed by atoms with Crippen molar-refractivity contribution in [3.8, 4) is 0 Å². The van der Waals surface area contributed by atoms with E-state index in [9.17, 15) is 0 Å². The molecule has 17 heavy (non-hydrogen) atoms. The molecule has 0 spiro atoms. The van der Waals surface area contributed by atoms with Gasteiger partial charge in [0.05, 0.1) is 11.0 Å². The van der Waals surface area contributed by atoms with Crippen molar-refractivity contribution in [2.24, 2.45) is 7.05 Å². The van der Waals surface area contributed by atoms with E-state index in [-0.39, 0.29) is 0 Å². The zero-order valence-electron chi connectivity index (χ0n) is 11.0. The number of hydrogen-bond acceptors (Lipinski definition) is 3. The number of benzene rings is 1. The van der Waals surface area contributed by atoms with Crippen LogP contribution in [0.2, 0.25) is 0 Å². The molecular formula is C13H20N4. The number of hydrogen-bond donors (Lipinski definition) is 1. The monoisotopic (exact) mass is 232 g/mol. The summed E-state index contributed by atoms with van der Waals surface area (Å²) in [5.41, 5.74) is 3.58. The van der Waals surface area contributed by atoms with Crippen molar-refractivity contribution in [3.63, 3.8) is 0 Å². The summed E-state index contributed by atoms with van der Waals surface area (Å²) in [6.45, 7) is 3.86. The normalized spacial score (nSPS) is 11.6. The maximum Gasteiger partial charge on any atom is 0.106 e. The van der Waals surface area contributed by atoms with E-state index < -0.39 is 0 Å². The highest BCUT2D eigenvalue weighted by Gasteiger charge is 2.05. The van der Waals surface area contributed by atoms with E-state index in [1.54, 1.807) is 0 Å². The molecule has 0 fully saturated rings. The van der Waals surface area contributed by atoms with Gasteiger partial charge in [-0.3, -0.25) is 4.90 Å². The Morgan fingerprint density at radius 2 is 2.18 bits per heavy atom. The van der Waals surface area contributed by atoms with Crippen LogP contribution < -0.4 is 5.32 Å². The van der Waals surface area contributed by atoms with E-state index in [0.29, 0.717) is 0 Å². The Kier molecular flexibility index (Phi) is 3.45. The van der Waals surface area contributed by atoms with E-state index in [1.807, 2.05) is 14.0 Å². The molecule has 2 aromatic rings. The van der Waals surface area contributed by atoms with E-state index >= 15 is 0 Å². The summed E-state index contributed by atoms with van der Waals surface area (Å²) < 4.78 is 2.12. The standard InChI is InChI=1S/C13H20N4/c1-10-15-12-7-11(8-16(3)9-14-2)5-6-13(12)17(10)4/h5-7,14H,8-9H2,1-4H3. The van der Waals surface area contributed by atoms with Crippen LogP contribution in [0.1, 0.15) is 11.4 Å². The van der Waals surface area contributed by atoms with Crippen LogP contribution in [0.25, 0.3) is 11.0 Å². The van der Waals surface area contributed by atoms with Crippen LogP contribution in [0.3, 0.4) is 0 Å². The number of aromatic nitrogens is 2. The molecule has 0 unspecified atom stereocenters. The van der Waals surface area contributed by atoms with Gasteiger partial charge in [0.25, 0.3) is 0 Å². The van der Waals surface area contributed by atoms with Gasteiger partial charge in [0.1, 0.15) is 5.82 Å². The Morgan fingerprint density at radius 1 is 1.41 bits per heavy atom. The first kappa shape index (κ1) is 12.1. The van der Waals surface area contributed by atoms with Crippen LogP contribution in [0, 0.1) is 6.92 Å². The van der Waals surface area contributed by atoms with Crippen molar-refractivity contribution in [1.82, 2.24) is 19.8 Å². The van der Waals surface area contributed by atoms with E-state index in [4.69, 9.17) is 0 Å². The van der Waals surface area contributed by atoms with Crippen molar-refractivity contribution in [2.45, 2.75) is 13.5 Å². The van der Waals surface area contributed by atoms with Crippen molar-refractivity contribution in [2.75, 3.05) is 20.8 Å². The largest absolute Gasteiger partial charge is 0.331 e. The van der Waals surface area contributed by atoms with Gasteiger partial charge in [0.15, 0.2) is 0 Å². The summed E-state index contributed by atoms with van der Waals surface area (Å²) in [7, 11) is 6.11. The average Bonchev–Trinajstić information content (AvgIpc) is 2.55. The van der Waals surface area contributed by atoms with Crippen molar-refractivity contribution in [1.29, 1.82) is 0 Å². The lowest BCUT2D eigenvalue weighted by molar-refractivity contribution is 0.310. The SMILES string of the molecule is CNCN(C)Cc1ccc2c(c1)nc(C)n2C. The second-order valence-electron chi connectivity index (χ2n) is 4.57. The molecule has 0 aliphatic rings. The number of fused-ring (bicyclic) bond motifs is 1. The summed E-state index contributed by atoms with van der Waals surface area (Å²) in [4.78, 5) is 6.79. The highest BCUT2D eigenvalue weighted by Crippen LogP contribution is 2.17. The molecule has 4 nitrogen and oxygen atoms in total. The highest BCUT2D eigenvalue weighted by molar-refractivity contribution is 5.76. The van der Waals surface area contributed by atoms with Gasteiger partial charge in [0, 0.05) is 20.3 Å². The van der Waals surface area contributed by atoms with Gasteiger partial charge in [-0.15, -0.1) is 0 Å². The Balaban J connectivity index is 2.26. The molecule has 0 saturated carbocycles. The lowest BCUT2D eigenvalue weighted by atomic mass is 10.2. The maximum atomic E-state index is 4.56. The van der Waals surface area contributed by atoms with Gasteiger partial charge < -0.3 is 9.88 Å². The molecule has 0 aliphatic heterocycles. The molecule has 2 rings (SSSR count). The Morgan fingerprint density at radius 3 is 2.88 bits per heavy atom. The first-order valence-corrected chi connectivity index (χ1v) is 5.87. The second kappa shape index (κ2) is 4.85. The fraction of sp³-hybridized carbons (Fsp3) is 0.462. The summed E-state index contributed by atoms with van der Waals surface area (Å²) in [5.74, 6) is 1.06. The summed E-state index contributed by atoms with van der Waals surface area (Å²) in [5, 5.41) is 3.14. The van der Waals surface area contributed by atoms with Gasteiger partial charge in [-0.2, -0.15) is 0 Å². The van der Waals surface area contributed by atoms with Crippen LogP contribution in [0.15, 0.2) is 18.2 Å². The first-order chi connectivity index (χ1) is 8.11. The third-order valence-electron chi connectivity index (χ3n) is 3.05. The summed E-state index contributed by atoms with van der Waals surface area (Å²) >= 11 is 0. The minimum Gasteiger partial charge on any atom is -0.331 e. The molecule has 1 aromatic carbocycles. The minimum absolute atomic E-state index is 0.888. The Bertz CT molecular complexity index is 515. The quantitative estimate of drug-likeness (QED) is 0.811. The Hall–Kier alpha value is -1.39. The number of rotatable bonds is 4. The zero-order valence-corrected chi connectivity index (χ0v) is 11.0. The fourth-order valence-electron chi connectivity index (χ4n) is 2.10. The average molecular weight is 232 g/mol. The molecule has 1 aromatic heterocycles. The number of nitrogens with one attached hydrogen (secondary N) is 1. The van der Waals surface area contributed by atoms with E-state index in [0.717, 1.165) is 24.6 Å². The van der Waals surface area contributed by atoms with Crippen LogP contribution in [-0.2, 0) is 13.6 Å². The molecule has 1 N–H and O–H groups in total. The number of aryl methyl sites for hydroxylation is 2. The molecule has 0 bridgehead atoms. The zero-order chi connectivity index (χ0) is 12.4. The van der Waals surface area contributed by atoms with E-state index in [2.05, 4.69) is 52.1 Å².